The van der Waals surface area contributed by atoms with Gasteiger partial charge >= 0.3 is 0 Å². The first kappa shape index (κ1) is 19.1. The molecule has 26 heavy (non-hydrogen) atoms. The summed E-state index contributed by atoms with van der Waals surface area (Å²) in [5.41, 5.74) is 2.96. The first-order chi connectivity index (χ1) is 12.6. The number of carbonyl (C=O) groups is 2. The molecule has 2 aliphatic rings. The average Bonchev–Trinajstić information content (AvgIpc) is 3.09. The van der Waals surface area contributed by atoms with E-state index in [1.54, 1.807) is 12.0 Å². The summed E-state index contributed by atoms with van der Waals surface area (Å²) in [6, 6.07) is 9.32. The van der Waals surface area contributed by atoms with Crippen LogP contribution in [-0.2, 0) is 27.2 Å². The molecule has 1 aromatic rings. The second kappa shape index (κ2) is 8.78. The Kier molecular flexibility index (Phi) is 6.43. The number of nitrogens with zero attached hydrogens (tertiary/aromatic N) is 2. The molecule has 3 rings (SSSR count). The van der Waals surface area contributed by atoms with E-state index in [-0.39, 0.29) is 11.7 Å². The Hall–Kier alpha value is -1.72. The van der Waals surface area contributed by atoms with Crippen LogP contribution in [0.25, 0.3) is 0 Å². The third-order valence-electron chi connectivity index (χ3n) is 5.73. The number of benzene rings is 1. The van der Waals surface area contributed by atoms with E-state index in [9.17, 15) is 9.59 Å². The van der Waals surface area contributed by atoms with Gasteiger partial charge in [0.15, 0.2) is 0 Å². The number of likely N-dealkylation sites (tertiary alicyclic amines) is 1. The molecule has 142 valence electrons. The van der Waals surface area contributed by atoms with E-state index >= 15 is 0 Å². The van der Waals surface area contributed by atoms with Gasteiger partial charge in [0.1, 0.15) is 0 Å². The summed E-state index contributed by atoms with van der Waals surface area (Å²) in [7, 11) is 1.62. The highest BCUT2D eigenvalue weighted by Gasteiger charge is 2.31. The Bertz CT molecular complexity index is 621. The Morgan fingerprint density at radius 3 is 2.54 bits per heavy atom. The maximum atomic E-state index is 12.2. The molecule has 1 aliphatic heterocycles. The molecular weight excluding hydrogens is 328 g/mol. The number of hydrogen-bond donors (Lipinski definition) is 0. The fourth-order valence-corrected chi connectivity index (χ4v) is 4.38. The maximum absolute atomic E-state index is 12.2. The molecule has 0 radical (unpaired) electrons. The van der Waals surface area contributed by atoms with Crippen molar-refractivity contribution in [3.8, 4) is 0 Å². The molecule has 0 aromatic heterocycles. The number of ketones is 1. The standard InChI is InChI=1S/C21H30N2O3/c1-16(24)21(25)23(10-11-26-2)15-17-6-5-9-22(14-17)20-12-18-7-3-4-8-19(18)13-20/h3-4,7-8,17,20H,5-6,9-15H2,1-2H3/t17-/m1/s1. The van der Waals surface area contributed by atoms with Crippen molar-refractivity contribution in [1.29, 1.82) is 0 Å². The molecule has 5 nitrogen and oxygen atoms in total. The molecule has 0 N–H and O–H groups in total. The van der Waals surface area contributed by atoms with Gasteiger partial charge in [-0.15, -0.1) is 0 Å². The van der Waals surface area contributed by atoms with Gasteiger partial charge in [-0.05, 0) is 49.3 Å². The molecule has 1 saturated heterocycles. The van der Waals surface area contributed by atoms with Crippen LogP contribution in [0.4, 0.5) is 0 Å². The zero-order valence-electron chi connectivity index (χ0n) is 15.9. The van der Waals surface area contributed by atoms with Gasteiger partial charge in [-0.25, -0.2) is 0 Å². The van der Waals surface area contributed by atoms with Crippen molar-refractivity contribution < 1.29 is 14.3 Å². The van der Waals surface area contributed by atoms with Crippen LogP contribution in [0.3, 0.4) is 0 Å². The number of rotatable bonds is 7. The molecule has 1 aromatic carbocycles. The van der Waals surface area contributed by atoms with Gasteiger partial charge in [0, 0.05) is 39.7 Å². The summed E-state index contributed by atoms with van der Waals surface area (Å²) in [5, 5.41) is 0. The van der Waals surface area contributed by atoms with Crippen molar-refractivity contribution >= 4 is 11.7 Å². The number of piperidine rings is 1. The fourth-order valence-electron chi connectivity index (χ4n) is 4.38. The predicted molar refractivity (Wildman–Crippen MR) is 101 cm³/mol. The Balaban J connectivity index is 1.59. The number of amides is 1. The van der Waals surface area contributed by atoms with Gasteiger partial charge in [0.2, 0.25) is 5.78 Å². The Morgan fingerprint density at radius 2 is 1.92 bits per heavy atom. The lowest BCUT2D eigenvalue weighted by atomic mass is 9.95. The monoisotopic (exact) mass is 358 g/mol. The zero-order valence-corrected chi connectivity index (χ0v) is 15.9. The fraction of sp³-hybridized carbons (Fsp3) is 0.619. The Morgan fingerprint density at radius 1 is 1.23 bits per heavy atom. The van der Waals surface area contributed by atoms with Crippen molar-refractivity contribution in [3.05, 3.63) is 35.4 Å². The van der Waals surface area contributed by atoms with Crippen molar-refractivity contribution in [2.45, 2.75) is 38.6 Å². The number of hydrogen-bond acceptors (Lipinski definition) is 4. The van der Waals surface area contributed by atoms with Crippen molar-refractivity contribution in [2.24, 2.45) is 5.92 Å². The minimum atomic E-state index is -0.389. The second-order valence-corrected chi connectivity index (χ2v) is 7.63. The SMILES string of the molecule is COCCN(C[C@@H]1CCCN(C2Cc3ccccc3C2)C1)C(=O)C(C)=O. The van der Waals surface area contributed by atoms with Gasteiger partial charge in [-0.2, -0.15) is 0 Å². The first-order valence-electron chi connectivity index (χ1n) is 9.68. The highest BCUT2D eigenvalue weighted by atomic mass is 16.5. The smallest absolute Gasteiger partial charge is 0.289 e. The summed E-state index contributed by atoms with van der Waals surface area (Å²) in [6.45, 7) is 5.10. The third kappa shape index (κ3) is 4.51. The lowest BCUT2D eigenvalue weighted by Crippen LogP contribution is -2.48. The van der Waals surface area contributed by atoms with Crippen molar-refractivity contribution in [2.75, 3.05) is 39.9 Å². The second-order valence-electron chi connectivity index (χ2n) is 7.63. The van der Waals surface area contributed by atoms with Crippen LogP contribution < -0.4 is 0 Å². The highest BCUT2D eigenvalue weighted by Crippen LogP contribution is 2.29. The van der Waals surface area contributed by atoms with E-state index in [0.29, 0.717) is 31.7 Å². The van der Waals surface area contributed by atoms with Gasteiger partial charge < -0.3 is 9.64 Å². The summed E-state index contributed by atoms with van der Waals surface area (Å²) in [6.07, 6.45) is 4.53. The van der Waals surface area contributed by atoms with Crippen LogP contribution in [0, 0.1) is 5.92 Å². The van der Waals surface area contributed by atoms with E-state index in [4.69, 9.17) is 4.74 Å². The number of methoxy groups -OCH3 is 1. The number of fused-ring (bicyclic) bond motifs is 1. The molecule has 1 amide bonds. The van der Waals surface area contributed by atoms with Crippen molar-refractivity contribution in [1.82, 2.24) is 9.80 Å². The minimum Gasteiger partial charge on any atom is -0.383 e. The topological polar surface area (TPSA) is 49.9 Å². The third-order valence-corrected chi connectivity index (χ3v) is 5.73. The molecular formula is C21H30N2O3. The Labute approximate surface area is 156 Å². The quantitative estimate of drug-likeness (QED) is 0.699. The zero-order chi connectivity index (χ0) is 18.5. The van der Waals surface area contributed by atoms with Crippen molar-refractivity contribution in [3.63, 3.8) is 0 Å². The van der Waals surface area contributed by atoms with Crippen LogP contribution >= 0.6 is 0 Å². The van der Waals surface area contributed by atoms with Gasteiger partial charge in [0.05, 0.1) is 6.61 Å². The van der Waals surface area contributed by atoms with E-state index in [0.717, 1.165) is 38.8 Å². The maximum Gasteiger partial charge on any atom is 0.289 e. The summed E-state index contributed by atoms with van der Waals surface area (Å²) in [5.74, 6) is -0.347. The molecule has 0 bridgehead atoms. The molecule has 1 atom stereocenters. The number of ether oxygens (including phenoxy) is 1. The van der Waals surface area contributed by atoms with Crippen LogP contribution in [0.5, 0.6) is 0 Å². The highest BCUT2D eigenvalue weighted by molar-refractivity contribution is 6.35. The molecule has 0 unspecified atom stereocenters. The number of Topliss-reactive ketones (excluding diaryl/α,β-unsaturated/α-hetero) is 1. The lowest BCUT2D eigenvalue weighted by Gasteiger charge is -2.38. The van der Waals surface area contributed by atoms with Crippen LogP contribution in [0.2, 0.25) is 0 Å². The summed E-state index contributed by atoms with van der Waals surface area (Å²) in [4.78, 5) is 28.0. The normalized spacial score (nSPS) is 20.8. The lowest BCUT2D eigenvalue weighted by molar-refractivity contribution is -0.144. The molecule has 0 spiro atoms. The van der Waals surface area contributed by atoms with Gasteiger partial charge in [-0.1, -0.05) is 24.3 Å². The average molecular weight is 358 g/mol. The molecule has 1 aliphatic carbocycles. The van der Waals surface area contributed by atoms with Gasteiger partial charge in [-0.3, -0.25) is 14.5 Å². The van der Waals surface area contributed by atoms with Crippen LogP contribution in [0.1, 0.15) is 30.9 Å². The number of carbonyl (C=O) groups excluding carboxylic acids is 2. The summed E-state index contributed by atoms with van der Waals surface area (Å²) >= 11 is 0. The minimum absolute atomic E-state index is 0.382. The van der Waals surface area contributed by atoms with Crippen LogP contribution in [0.15, 0.2) is 24.3 Å². The van der Waals surface area contributed by atoms with E-state index in [2.05, 4.69) is 29.2 Å². The summed E-state index contributed by atoms with van der Waals surface area (Å²) < 4.78 is 5.11. The van der Waals surface area contributed by atoms with E-state index in [1.807, 2.05) is 0 Å². The predicted octanol–water partition coefficient (Wildman–Crippen LogP) is 1.93. The molecule has 0 saturated carbocycles. The van der Waals surface area contributed by atoms with E-state index < -0.39 is 0 Å². The van der Waals surface area contributed by atoms with Crippen LogP contribution in [-0.4, -0.2) is 67.4 Å². The van der Waals surface area contributed by atoms with E-state index in [1.165, 1.54) is 18.1 Å². The molecule has 5 heteroatoms. The first-order valence-corrected chi connectivity index (χ1v) is 9.68. The largest absolute Gasteiger partial charge is 0.383 e. The molecule has 1 fully saturated rings. The van der Waals surface area contributed by atoms with Gasteiger partial charge in [0.25, 0.3) is 5.91 Å². The molecule has 1 heterocycles.